The van der Waals surface area contributed by atoms with Gasteiger partial charge in [0.15, 0.2) is 9.84 Å². The highest BCUT2D eigenvalue weighted by Crippen LogP contribution is 2.42. The van der Waals surface area contributed by atoms with Crippen LogP contribution < -0.4 is 0 Å². The van der Waals surface area contributed by atoms with Crippen molar-refractivity contribution in [3.05, 3.63) is 30.3 Å². The molecule has 0 N–H and O–H groups in total. The molecule has 6 heteroatoms. The van der Waals surface area contributed by atoms with Crippen molar-refractivity contribution >= 4 is 15.7 Å². The Bertz CT molecular complexity index is 795. The van der Waals surface area contributed by atoms with Crippen LogP contribution in [0.15, 0.2) is 35.2 Å². The maximum atomic E-state index is 12.7. The molecule has 0 aliphatic carbocycles. The number of rotatable bonds is 6. The zero-order valence-electron chi connectivity index (χ0n) is 16.8. The summed E-state index contributed by atoms with van der Waals surface area (Å²) < 4.78 is 25.4. The quantitative estimate of drug-likeness (QED) is 0.731. The summed E-state index contributed by atoms with van der Waals surface area (Å²) in [6, 6.07) is 9.47. The van der Waals surface area contributed by atoms with E-state index in [0.29, 0.717) is 47.7 Å². The molecule has 0 aromatic heterocycles. The summed E-state index contributed by atoms with van der Waals surface area (Å²) in [5, 5.41) is 0. The van der Waals surface area contributed by atoms with Crippen molar-refractivity contribution < 1.29 is 13.2 Å². The zero-order chi connectivity index (χ0) is 19.7. The molecule has 3 saturated heterocycles. The third-order valence-electron chi connectivity index (χ3n) is 6.94. The van der Waals surface area contributed by atoms with Gasteiger partial charge in [-0.15, -0.1) is 0 Å². The first-order chi connectivity index (χ1) is 13.5. The fraction of sp³-hybridized carbons (Fsp3) is 0.682. The van der Waals surface area contributed by atoms with Crippen LogP contribution in [0.5, 0.6) is 0 Å². The van der Waals surface area contributed by atoms with Crippen molar-refractivity contribution in [1.29, 1.82) is 0 Å². The number of hydrogen-bond acceptors (Lipinski definition) is 4. The van der Waals surface area contributed by atoms with E-state index in [1.165, 1.54) is 6.42 Å². The molecule has 4 rings (SSSR count). The van der Waals surface area contributed by atoms with E-state index in [2.05, 4.69) is 16.7 Å². The Kier molecular flexibility index (Phi) is 5.79. The number of carbonyl (C=O) groups is 1. The minimum atomic E-state index is -3.25. The fourth-order valence-corrected chi connectivity index (χ4v) is 7.02. The van der Waals surface area contributed by atoms with Crippen LogP contribution in [0.2, 0.25) is 0 Å². The number of hydrogen-bond donors (Lipinski definition) is 0. The minimum absolute atomic E-state index is 0.169. The van der Waals surface area contributed by atoms with Gasteiger partial charge in [-0.25, -0.2) is 8.42 Å². The summed E-state index contributed by atoms with van der Waals surface area (Å²) in [5.41, 5.74) is 0. The molecule has 0 radical (unpaired) electrons. The van der Waals surface area contributed by atoms with E-state index >= 15 is 0 Å². The first-order valence-corrected chi connectivity index (χ1v) is 12.5. The molecule has 154 valence electrons. The molecule has 3 aliphatic heterocycles. The summed E-state index contributed by atoms with van der Waals surface area (Å²) >= 11 is 0. The predicted molar refractivity (Wildman–Crippen MR) is 110 cm³/mol. The van der Waals surface area contributed by atoms with E-state index in [4.69, 9.17) is 0 Å². The normalized spacial score (nSPS) is 30.9. The van der Waals surface area contributed by atoms with E-state index < -0.39 is 9.84 Å². The van der Waals surface area contributed by atoms with E-state index in [0.717, 1.165) is 38.8 Å². The number of amides is 1. The van der Waals surface area contributed by atoms with Crippen LogP contribution in [0.4, 0.5) is 0 Å². The van der Waals surface area contributed by atoms with Gasteiger partial charge in [-0.3, -0.25) is 4.79 Å². The highest BCUT2D eigenvalue weighted by Gasteiger charge is 2.48. The van der Waals surface area contributed by atoms with Gasteiger partial charge in [0.25, 0.3) is 0 Å². The number of carbonyl (C=O) groups excluding carboxylic acids is 1. The number of piperidine rings is 3. The molecule has 3 heterocycles. The second kappa shape index (κ2) is 8.15. The summed E-state index contributed by atoms with van der Waals surface area (Å²) in [5.74, 6) is 1.50. The molecule has 0 unspecified atom stereocenters. The predicted octanol–water partition coefficient (Wildman–Crippen LogP) is 2.96. The third-order valence-corrected chi connectivity index (χ3v) is 8.65. The second-order valence-electron chi connectivity index (χ2n) is 8.76. The lowest BCUT2D eigenvalue weighted by Gasteiger charge is -2.56. The average molecular weight is 405 g/mol. The molecule has 3 aliphatic rings. The Hall–Kier alpha value is -1.40. The monoisotopic (exact) mass is 404 g/mol. The first kappa shape index (κ1) is 19.9. The minimum Gasteiger partial charge on any atom is -0.336 e. The number of sulfone groups is 1. The molecule has 1 aromatic rings. The molecule has 0 spiro atoms. The number of nitrogens with zero attached hydrogens (tertiary/aromatic N) is 2. The molecule has 4 atom stereocenters. The molecule has 1 amide bonds. The van der Waals surface area contributed by atoms with E-state index in [1.807, 2.05) is 6.07 Å². The fourth-order valence-electron chi connectivity index (χ4n) is 5.72. The molecular weight excluding hydrogens is 372 g/mol. The Morgan fingerprint density at radius 1 is 1.11 bits per heavy atom. The van der Waals surface area contributed by atoms with Gasteiger partial charge < -0.3 is 9.80 Å². The lowest BCUT2D eigenvalue weighted by molar-refractivity contribution is -0.153. The molecule has 2 bridgehead atoms. The number of benzene rings is 1. The van der Waals surface area contributed by atoms with E-state index in [1.54, 1.807) is 24.3 Å². The highest BCUT2D eigenvalue weighted by atomic mass is 32.2. The van der Waals surface area contributed by atoms with Gasteiger partial charge in [-0.1, -0.05) is 31.5 Å². The van der Waals surface area contributed by atoms with Crippen LogP contribution in [-0.4, -0.2) is 61.6 Å². The standard InChI is InChI=1S/C22H32N2O3S/c1-2-7-20-17-14-18(21-10-6-11-22(25)24(20)21)16-23(15-17)12-13-28(26,27)19-8-4-3-5-9-19/h3-5,8-9,17-18,20-21H,2,6-7,10-16H2,1H3/t17-,18+,20-,21-/m0/s1. The summed E-state index contributed by atoms with van der Waals surface area (Å²) in [7, 11) is -3.25. The lowest BCUT2D eigenvalue weighted by Crippen LogP contribution is -2.65. The van der Waals surface area contributed by atoms with E-state index in [-0.39, 0.29) is 5.75 Å². The Morgan fingerprint density at radius 2 is 1.86 bits per heavy atom. The molecule has 28 heavy (non-hydrogen) atoms. The Balaban J connectivity index is 1.47. The van der Waals surface area contributed by atoms with Crippen molar-refractivity contribution in [2.24, 2.45) is 11.8 Å². The van der Waals surface area contributed by atoms with Crippen LogP contribution in [0.25, 0.3) is 0 Å². The zero-order valence-corrected chi connectivity index (χ0v) is 17.6. The maximum Gasteiger partial charge on any atom is 0.223 e. The SMILES string of the molecule is CCC[C@H]1[C@H]2C[C@H](CN(CCS(=O)(=O)c3ccccc3)C2)[C@@H]2CCCC(=O)N21. The smallest absolute Gasteiger partial charge is 0.223 e. The van der Waals surface area contributed by atoms with Gasteiger partial charge in [0.1, 0.15) is 0 Å². The molecule has 3 fully saturated rings. The number of fused-ring (bicyclic) bond motifs is 4. The first-order valence-electron chi connectivity index (χ1n) is 10.8. The molecular formula is C22H32N2O3S. The van der Waals surface area contributed by atoms with E-state index in [9.17, 15) is 13.2 Å². The summed E-state index contributed by atoms with van der Waals surface area (Å²) in [6.07, 6.45) is 6.17. The van der Waals surface area contributed by atoms with Crippen LogP contribution in [0, 0.1) is 11.8 Å². The van der Waals surface area contributed by atoms with Gasteiger partial charge in [0, 0.05) is 38.1 Å². The average Bonchev–Trinajstić information content (AvgIpc) is 2.70. The Morgan fingerprint density at radius 3 is 2.61 bits per heavy atom. The van der Waals surface area contributed by atoms with Crippen LogP contribution in [0.3, 0.4) is 0 Å². The van der Waals surface area contributed by atoms with Gasteiger partial charge in [-0.2, -0.15) is 0 Å². The lowest BCUT2D eigenvalue weighted by atomic mass is 9.71. The maximum absolute atomic E-state index is 12.7. The molecule has 1 aromatic carbocycles. The van der Waals surface area contributed by atoms with Gasteiger partial charge in [-0.05, 0) is 49.7 Å². The van der Waals surface area contributed by atoms with Crippen molar-refractivity contribution in [2.75, 3.05) is 25.4 Å². The topological polar surface area (TPSA) is 57.7 Å². The van der Waals surface area contributed by atoms with Gasteiger partial charge in [0.2, 0.25) is 5.91 Å². The van der Waals surface area contributed by atoms with Gasteiger partial charge >= 0.3 is 0 Å². The third kappa shape index (κ3) is 3.86. The highest BCUT2D eigenvalue weighted by molar-refractivity contribution is 7.91. The van der Waals surface area contributed by atoms with Crippen molar-refractivity contribution in [3.63, 3.8) is 0 Å². The Labute approximate surface area is 169 Å². The largest absolute Gasteiger partial charge is 0.336 e. The molecule has 0 saturated carbocycles. The number of likely N-dealkylation sites (tertiary alicyclic amines) is 1. The van der Waals surface area contributed by atoms with Crippen molar-refractivity contribution in [1.82, 2.24) is 9.80 Å². The summed E-state index contributed by atoms with van der Waals surface area (Å²) in [6.45, 7) is 4.63. The van der Waals surface area contributed by atoms with Crippen molar-refractivity contribution in [3.8, 4) is 0 Å². The second-order valence-corrected chi connectivity index (χ2v) is 10.9. The van der Waals surface area contributed by atoms with Crippen molar-refractivity contribution in [2.45, 2.75) is 62.4 Å². The van der Waals surface area contributed by atoms with Gasteiger partial charge in [0.05, 0.1) is 10.6 Å². The van der Waals surface area contributed by atoms with Crippen LogP contribution >= 0.6 is 0 Å². The van der Waals surface area contributed by atoms with Crippen LogP contribution in [0.1, 0.15) is 45.4 Å². The summed E-state index contributed by atoms with van der Waals surface area (Å²) in [4.78, 5) is 17.7. The van der Waals surface area contributed by atoms with Crippen LogP contribution in [-0.2, 0) is 14.6 Å². The molecule has 5 nitrogen and oxygen atoms in total.